The van der Waals surface area contributed by atoms with Crippen LogP contribution in [0, 0.1) is 18.7 Å². The van der Waals surface area contributed by atoms with Crippen molar-refractivity contribution in [3.05, 3.63) is 88.8 Å². The standard InChI is InChI=1S/C27H29FN4O3/c1-18-2-4-19(5-3-18)14-29-26(33)21-10-12-31(13-11-21)27(34)25-23-16-35-24(15-32(23)17-30-25)20-6-8-22(28)9-7-20/h2-9,17,21,24H,10-16H2,1H3,(H,29,33)/t24-/m0/s1. The summed E-state index contributed by atoms with van der Waals surface area (Å²) in [4.78, 5) is 32.0. The summed E-state index contributed by atoms with van der Waals surface area (Å²) < 4.78 is 21.1. The lowest BCUT2D eigenvalue weighted by Crippen LogP contribution is -2.43. The Balaban J connectivity index is 1.15. The summed E-state index contributed by atoms with van der Waals surface area (Å²) in [5, 5.41) is 3.03. The molecule has 8 heteroatoms. The molecule has 0 unspecified atom stereocenters. The molecule has 0 aliphatic carbocycles. The van der Waals surface area contributed by atoms with Crippen molar-refractivity contribution in [2.45, 2.75) is 45.6 Å². The molecule has 2 aromatic carbocycles. The zero-order valence-electron chi connectivity index (χ0n) is 19.7. The Morgan fingerprint density at radius 3 is 2.51 bits per heavy atom. The smallest absolute Gasteiger partial charge is 0.274 e. The van der Waals surface area contributed by atoms with Gasteiger partial charge in [0, 0.05) is 25.6 Å². The first kappa shape index (κ1) is 23.2. The van der Waals surface area contributed by atoms with E-state index >= 15 is 0 Å². The molecule has 0 bridgehead atoms. The van der Waals surface area contributed by atoms with E-state index in [0.29, 0.717) is 44.7 Å². The lowest BCUT2D eigenvalue weighted by molar-refractivity contribution is -0.126. The number of fused-ring (bicyclic) bond motifs is 1. The Bertz CT molecular complexity index is 1200. The van der Waals surface area contributed by atoms with E-state index in [1.165, 1.54) is 17.7 Å². The van der Waals surface area contributed by atoms with Crippen molar-refractivity contribution in [1.82, 2.24) is 19.8 Å². The zero-order valence-corrected chi connectivity index (χ0v) is 19.7. The van der Waals surface area contributed by atoms with Crippen molar-refractivity contribution < 1.29 is 18.7 Å². The van der Waals surface area contributed by atoms with E-state index in [1.807, 2.05) is 35.8 Å². The van der Waals surface area contributed by atoms with Gasteiger partial charge in [0.15, 0.2) is 5.69 Å². The van der Waals surface area contributed by atoms with Crippen LogP contribution in [0.5, 0.6) is 0 Å². The molecule has 182 valence electrons. The van der Waals surface area contributed by atoms with Gasteiger partial charge >= 0.3 is 0 Å². The number of rotatable bonds is 5. The number of nitrogens with one attached hydrogen (secondary N) is 1. The number of amides is 2. The fraction of sp³-hybridized carbons (Fsp3) is 0.370. The zero-order chi connectivity index (χ0) is 24.4. The van der Waals surface area contributed by atoms with Gasteiger partial charge in [-0.1, -0.05) is 42.0 Å². The Hall–Kier alpha value is -3.52. The normalized spacial score (nSPS) is 18.2. The Morgan fingerprint density at radius 2 is 1.80 bits per heavy atom. The van der Waals surface area contributed by atoms with E-state index in [2.05, 4.69) is 10.3 Å². The Kier molecular flexibility index (Phi) is 6.63. The molecular formula is C27H29FN4O3. The van der Waals surface area contributed by atoms with E-state index in [9.17, 15) is 14.0 Å². The quantitative estimate of drug-likeness (QED) is 0.608. The number of imidazole rings is 1. The number of ether oxygens (including phenoxy) is 1. The highest BCUT2D eigenvalue weighted by Gasteiger charge is 2.32. The SMILES string of the molecule is Cc1ccc(CNC(=O)C2CCN(C(=O)c3ncn4c3CO[C@H](c3ccc(F)cc3)C4)CC2)cc1. The van der Waals surface area contributed by atoms with Crippen molar-refractivity contribution in [3.63, 3.8) is 0 Å². The lowest BCUT2D eigenvalue weighted by atomic mass is 9.95. The average molecular weight is 477 g/mol. The summed E-state index contributed by atoms with van der Waals surface area (Å²) in [7, 11) is 0. The van der Waals surface area contributed by atoms with Gasteiger partial charge in [0.05, 0.1) is 25.2 Å². The fourth-order valence-corrected chi connectivity index (χ4v) is 4.72. The summed E-state index contributed by atoms with van der Waals surface area (Å²) in [6, 6.07) is 14.4. The second kappa shape index (κ2) is 10.00. The molecule has 35 heavy (non-hydrogen) atoms. The van der Waals surface area contributed by atoms with Crippen molar-refractivity contribution in [2.75, 3.05) is 13.1 Å². The maximum Gasteiger partial charge on any atom is 0.274 e. The Morgan fingerprint density at radius 1 is 1.09 bits per heavy atom. The molecule has 2 aliphatic heterocycles. The third-order valence-corrected chi connectivity index (χ3v) is 6.91. The molecule has 3 aromatic rings. The first-order valence-electron chi connectivity index (χ1n) is 12.0. The number of likely N-dealkylation sites (tertiary alicyclic amines) is 1. The van der Waals surface area contributed by atoms with E-state index < -0.39 is 0 Å². The van der Waals surface area contributed by atoms with Crippen LogP contribution in [0.15, 0.2) is 54.9 Å². The summed E-state index contributed by atoms with van der Waals surface area (Å²) in [5.74, 6) is -0.466. The van der Waals surface area contributed by atoms with Crippen LogP contribution in [-0.2, 0) is 29.2 Å². The van der Waals surface area contributed by atoms with Gasteiger partial charge in [0.1, 0.15) is 11.9 Å². The molecular weight excluding hydrogens is 447 g/mol. The first-order chi connectivity index (χ1) is 17.0. The number of aryl methyl sites for hydroxylation is 1. The number of hydrogen-bond acceptors (Lipinski definition) is 4. The van der Waals surface area contributed by atoms with Gasteiger partial charge in [-0.15, -0.1) is 0 Å². The van der Waals surface area contributed by atoms with Crippen LogP contribution in [-0.4, -0.2) is 39.4 Å². The number of benzene rings is 2. The minimum absolute atomic E-state index is 0.0391. The molecule has 2 amide bonds. The van der Waals surface area contributed by atoms with E-state index in [-0.39, 0.29) is 36.3 Å². The van der Waals surface area contributed by atoms with Gasteiger partial charge in [-0.2, -0.15) is 0 Å². The molecule has 1 aromatic heterocycles. The summed E-state index contributed by atoms with van der Waals surface area (Å²) in [6.07, 6.45) is 2.72. The van der Waals surface area contributed by atoms with Crippen molar-refractivity contribution in [3.8, 4) is 0 Å². The van der Waals surface area contributed by atoms with E-state index in [1.54, 1.807) is 23.4 Å². The predicted octanol–water partition coefficient (Wildman–Crippen LogP) is 3.77. The molecule has 1 fully saturated rings. The van der Waals surface area contributed by atoms with Crippen molar-refractivity contribution in [2.24, 2.45) is 5.92 Å². The van der Waals surface area contributed by atoms with Crippen LogP contribution in [0.2, 0.25) is 0 Å². The van der Waals surface area contributed by atoms with Crippen molar-refractivity contribution in [1.29, 1.82) is 0 Å². The van der Waals surface area contributed by atoms with Crippen molar-refractivity contribution >= 4 is 11.8 Å². The van der Waals surface area contributed by atoms with Crippen LogP contribution >= 0.6 is 0 Å². The lowest BCUT2D eigenvalue weighted by Gasteiger charge is -2.31. The maximum absolute atomic E-state index is 13.2. The van der Waals surface area contributed by atoms with Crippen LogP contribution in [0.1, 0.15) is 51.8 Å². The van der Waals surface area contributed by atoms with Gasteiger partial charge in [0.25, 0.3) is 5.91 Å². The van der Waals surface area contributed by atoms with Crippen LogP contribution in [0.4, 0.5) is 4.39 Å². The highest BCUT2D eigenvalue weighted by atomic mass is 19.1. The molecule has 0 saturated carbocycles. The van der Waals surface area contributed by atoms with E-state index in [4.69, 9.17) is 4.74 Å². The second-order valence-corrected chi connectivity index (χ2v) is 9.31. The number of carbonyl (C=O) groups is 2. The number of hydrogen-bond donors (Lipinski definition) is 1. The average Bonchev–Trinajstić information content (AvgIpc) is 3.31. The highest BCUT2D eigenvalue weighted by molar-refractivity contribution is 5.93. The van der Waals surface area contributed by atoms with Gasteiger partial charge in [-0.25, -0.2) is 9.37 Å². The minimum atomic E-state index is -0.284. The fourth-order valence-electron chi connectivity index (χ4n) is 4.72. The predicted molar refractivity (Wildman–Crippen MR) is 128 cm³/mol. The summed E-state index contributed by atoms with van der Waals surface area (Å²) in [5.41, 5.74) is 4.32. The van der Waals surface area contributed by atoms with Gasteiger partial charge in [-0.3, -0.25) is 9.59 Å². The molecule has 2 aliphatic rings. The molecule has 1 atom stereocenters. The molecule has 1 N–H and O–H groups in total. The molecule has 0 spiro atoms. The largest absolute Gasteiger partial charge is 0.365 e. The topological polar surface area (TPSA) is 76.5 Å². The summed E-state index contributed by atoms with van der Waals surface area (Å²) in [6.45, 7) is 4.37. The van der Waals surface area contributed by atoms with Crippen LogP contribution in [0.3, 0.4) is 0 Å². The third kappa shape index (κ3) is 5.12. The highest BCUT2D eigenvalue weighted by Crippen LogP contribution is 2.29. The second-order valence-electron chi connectivity index (χ2n) is 9.31. The molecule has 1 saturated heterocycles. The Labute approximate surface area is 203 Å². The van der Waals surface area contributed by atoms with Crippen LogP contribution < -0.4 is 5.32 Å². The number of aromatic nitrogens is 2. The van der Waals surface area contributed by atoms with E-state index in [0.717, 1.165) is 16.8 Å². The number of piperidine rings is 1. The maximum atomic E-state index is 13.2. The monoisotopic (exact) mass is 476 g/mol. The number of nitrogens with zero attached hydrogens (tertiary/aromatic N) is 3. The van der Waals surface area contributed by atoms with Crippen LogP contribution in [0.25, 0.3) is 0 Å². The molecule has 5 rings (SSSR count). The third-order valence-electron chi connectivity index (χ3n) is 6.91. The van der Waals surface area contributed by atoms with Gasteiger partial charge in [0.2, 0.25) is 5.91 Å². The minimum Gasteiger partial charge on any atom is -0.365 e. The first-order valence-corrected chi connectivity index (χ1v) is 12.0. The number of halogens is 1. The summed E-state index contributed by atoms with van der Waals surface area (Å²) >= 11 is 0. The molecule has 7 nitrogen and oxygen atoms in total. The van der Waals surface area contributed by atoms with Gasteiger partial charge < -0.3 is 19.5 Å². The molecule has 0 radical (unpaired) electrons. The molecule has 3 heterocycles. The van der Waals surface area contributed by atoms with Gasteiger partial charge in [-0.05, 0) is 43.0 Å². The number of carbonyl (C=O) groups excluding carboxylic acids is 2.